The van der Waals surface area contributed by atoms with Crippen molar-refractivity contribution in [3.63, 3.8) is 0 Å². The largest absolute Gasteiger partial charge is 0.336 e. The Morgan fingerprint density at radius 2 is 1.79 bits per heavy atom. The maximum Gasteiger partial charge on any atom is 0.249 e. The summed E-state index contributed by atoms with van der Waals surface area (Å²) in [6, 6.07) is 8.69. The van der Waals surface area contributed by atoms with Crippen molar-refractivity contribution < 1.29 is 13.2 Å². The van der Waals surface area contributed by atoms with E-state index < -0.39 is 17.5 Å². The average Bonchev–Trinajstić information content (AvgIpc) is 2.56. The molecule has 0 amide bonds. The Hall–Kier alpha value is -2.87. The van der Waals surface area contributed by atoms with E-state index in [4.69, 9.17) is 11.6 Å². The molecule has 0 aliphatic carbocycles. The molecule has 3 aromatic rings. The quantitative estimate of drug-likeness (QED) is 0.681. The highest BCUT2D eigenvalue weighted by Gasteiger charge is 2.14. The van der Waals surface area contributed by atoms with Gasteiger partial charge in [-0.05, 0) is 30.3 Å². The van der Waals surface area contributed by atoms with Gasteiger partial charge in [-0.3, -0.25) is 0 Å². The lowest BCUT2D eigenvalue weighted by Crippen LogP contribution is -2.04. The highest BCUT2D eigenvalue weighted by Crippen LogP contribution is 2.23. The van der Waals surface area contributed by atoms with Crippen LogP contribution < -0.4 is 10.6 Å². The van der Waals surface area contributed by atoms with Gasteiger partial charge in [-0.1, -0.05) is 17.7 Å². The van der Waals surface area contributed by atoms with Crippen LogP contribution in [0.1, 0.15) is 0 Å². The number of hydrogen-bond donors (Lipinski definition) is 2. The third-order valence-electron chi connectivity index (χ3n) is 2.94. The van der Waals surface area contributed by atoms with Gasteiger partial charge in [0.15, 0.2) is 23.3 Å². The molecular weight excluding hydrogens is 343 g/mol. The van der Waals surface area contributed by atoms with Crippen molar-refractivity contribution in [1.82, 2.24) is 15.2 Å². The molecule has 2 N–H and O–H groups in total. The molecular formula is C15H9ClF3N5. The van der Waals surface area contributed by atoms with E-state index in [9.17, 15) is 13.2 Å². The molecule has 122 valence electrons. The van der Waals surface area contributed by atoms with Crippen LogP contribution in [0.25, 0.3) is 0 Å². The molecule has 0 aliphatic rings. The minimum absolute atomic E-state index is 0.0967. The summed E-state index contributed by atoms with van der Waals surface area (Å²) in [7, 11) is 0. The van der Waals surface area contributed by atoms with Crippen LogP contribution in [0.5, 0.6) is 0 Å². The molecule has 0 spiro atoms. The van der Waals surface area contributed by atoms with Gasteiger partial charge in [-0.15, -0.1) is 5.10 Å². The number of nitrogens with zero attached hydrogens (tertiary/aromatic N) is 3. The monoisotopic (exact) mass is 351 g/mol. The topological polar surface area (TPSA) is 62.7 Å². The van der Waals surface area contributed by atoms with E-state index in [-0.39, 0.29) is 17.5 Å². The second-order valence-electron chi connectivity index (χ2n) is 4.65. The smallest absolute Gasteiger partial charge is 0.249 e. The first kappa shape index (κ1) is 16.0. The molecule has 0 bridgehead atoms. The van der Waals surface area contributed by atoms with Crippen LogP contribution in [0.4, 0.5) is 36.3 Å². The van der Waals surface area contributed by atoms with Crippen LogP contribution in [0, 0.1) is 17.5 Å². The number of aromatic nitrogens is 3. The maximum atomic E-state index is 13.7. The molecule has 5 nitrogen and oxygen atoms in total. The van der Waals surface area contributed by atoms with E-state index in [1.165, 1.54) is 6.20 Å². The van der Waals surface area contributed by atoms with Crippen molar-refractivity contribution in [3.8, 4) is 0 Å². The molecule has 2 aromatic carbocycles. The molecule has 1 heterocycles. The lowest BCUT2D eigenvalue weighted by Gasteiger charge is -2.09. The summed E-state index contributed by atoms with van der Waals surface area (Å²) in [6.07, 6.45) is 1.21. The number of hydrogen-bond acceptors (Lipinski definition) is 5. The van der Waals surface area contributed by atoms with Gasteiger partial charge in [0.05, 0.1) is 11.9 Å². The predicted octanol–water partition coefficient (Wildman–Crippen LogP) is 4.43. The van der Waals surface area contributed by atoms with Gasteiger partial charge in [0, 0.05) is 10.7 Å². The van der Waals surface area contributed by atoms with Crippen LogP contribution >= 0.6 is 11.6 Å². The van der Waals surface area contributed by atoms with Gasteiger partial charge in [0.25, 0.3) is 0 Å². The third kappa shape index (κ3) is 3.54. The van der Waals surface area contributed by atoms with Gasteiger partial charge < -0.3 is 10.6 Å². The fourth-order valence-corrected chi connectivity index (χ4v) is 2.06. The fourth-order valence-electron chi connectivity index (χ4n) is 1.87. The first-order valence-corrected chi connectivity index (χ1v) is 7.03. The molecule has 9 heteroatoms. The number of benzene rings is 2. The minimum atomic E-state index is -1.57. The van der Waals surface area contributed by atoms with Gasteiger partial charge in [0.2, 0.25) is 5.95 Å². The van der Waals surface area contributed by atoms with E-state index >= 15 is 0 Å². The van der Waals surface area contributed by atoms with Crippen LogP contribution in [-0.4, -0.2) is 15.2 Å². The number of halogens is 4. The van der Waals surface area contributed by atoms with E-state index in [0.717, 1.165) is 12.1 Å². The summed E-state index contributed by atoms with van der Waals surface area (Å²) in [5.74, 6) is -3.98. The fraction of sp³-hybridized carbons (Fsp3) is 0. The van der Waals surface area contributed by atoms with Crippen LogP contribution in [0.2, 0.25) is 5.02 Å². The highest BCUT2D eigenvalue weighted by atomic mass is 35.5. The zero-order valence-corrected chi connectivity index (χ0v) is 12.7. The van der Waals surface area contributed by atoms with Crippen molar-refractivity contribution in [2.24, 2.45) is 0 Å². The van der Waals surface area contributed by atoms with Crippen molar-refractivity contribution >= 4 is 34.7 Å². The Bertz CT molecular complexity index is 891. The minimum Gasteiger partial charge on any atom is -0.336 e. The number of rotatable bonds is 4. The lowest BCUT2D eigenvalue weighted by atomic mass is 10.3. The highest BCUT2D eigenvalue weighted by molar-refractivity contribution is 6.30. The molecule has 0 saturated carbocycles. The lowest BCUT2D eigenvalue weighted by molar-refractivity contribution is 0.449. The maximum absolute atomic E-state index is 13.7. The van der Waals surface area contributed by atoms with Crippen molar-refractivity contribution in [2.75, 3.05) is 10.6 Å². The Morgan fingerprint density at radius 1 is 0.958 bits per heavy atom. The molecule has 1 aromatic heterocycles. The Morgan fingerprint density at radius 3 is 2.58 bits per heavy atom. The Labute approximate surface area is 139 Å². The zero-order chi connectivity index (χ0) is 17.1. The summed E-state index contributed by atoms with van der Waals surface area (Å²) in [4.78, 5) is 4.06. The molecule has 0 unspecified atom stereocenters. The SMILES string of the molecule is Fc1ccc(Nc2cnnc(Nc3cccc(Cl)c3)n2)c(F)c1F. The van der Waals surface area contributed by atoms with Crippen molar-refractivity contribution in [2.45, 2.75) is 0 Å². The zero-order valence-electron chi connectivity index (χ0n) is 11.9. The first-order valence-electron chi connectivity index (χ1n) is 6.66. The summed E-state index contributed by atoms with van der Waals surface area (Å²) in [5, 5.41) is 13.4. The molecule has 0 fully saturated rings. The first-order chi connectivity index (χ1) is 11.5. The molecule has 3 rings (SSSR count). The van der Waals surface area contributed by atoms with Gasteiger partial charge >= 0.3 is 0 Å². The summed E-state index contributed by atoms with van der Waals surface area (Å²) in [6.45, 7) is 0. The molecule has 0 aliphatic heterocycles. The van der Waals surface area contributed by atoms with Crippen LogP contribution in [-0.2, 0) is 0 Å². The van der Waals surface area contributed by atoms with E-state index in [0.29, 0.717) is 10.7 Å². The summed E-state index contributed by atoms with van der Waals surface area (Å²) in [5.41, 5.74) is 0.351. The second kappa shape index (κ2) is 6.71. The van der Waals surface area contributed by atoms with E-state index in [1.54, 1.807) is 24.3 Å². The molecule has 24 heavy (non-hydrogen) atoms. The Balaban J connectivity index is 1.82. The van der Waals surface area contributed by atoms with Gasteiger partial charge in [0.1, 0.15) is 0 Å². The van der Waals surface area contributed by atoms with Gasteiger partial charge in [-0.25, -0.2) is 13.2 Å². The van der Waals surface area contributed by atoms with E-state index in [1.807, 2.05) is 0 Å². The van der Waals surface area contributed by atoms with Gasteiger partial charge in [-0.2, -0.15) is 10.1 Å². The van der Waals surface area contributed by atoms with Crippen LogP contribution in [0.15, 0.2) is 42.6 Å². The van der Waals surface area contributed by atoms with Crippen LogP contribution in [0.3, 0.4) is 0 Å². The average molecular weight is 352 g/mol. The van der Waals surface area contributed by atoms with E-state index in [2.05, 4.69) is 25.8 Å². The number of nitrogens with one attached hydrogen (secondary N) is 2. The van der Waals surface area contributed by atoms with Crippen molar-refractivity contribution in [1.29, 1.82) is 0 Å². The molecule has 0 atom stereocenters. The third-order valence-corrected chi connectivity index (χ3v) is 3.17. The molecule has 0 radical (unpaired) electrons. The Kier molecular flexibility index (Phi) is 4.48. The second-order valence-corrected chi connectivity index (χ2v) is 5.08. The number of anilines is 4. The predicted molar refractivity (Wildman–Crippen MR) is 84.2 cm³/mol. The standard InChI is InChI=1S/C15H9ClF3N5/c16-8-2-1-3-9(6-8)21-15-23-12(7-20-24-15)22-11-5-4-10(17)13(18)14(11)19/h1-7H,(H2,21,22,23,24). The summed E-state index contributed by atoms with van der Waals surface area (Å²) >= 11 is 5.88. The molecule has 0 saturated heterocycles. The van der Waals surface area contributed by atoms with Crippen molar-refractivity contribution in [3.05, 3.63) is 65.1 Å². The normalized spacial score (nSPS) is 10.5. The summed E-state index contributed by atoms with van der Waals surface area (Å²) < 4.78 is 39.8.